The zero-order valence-electron chi connectivity index (χ0n) is 18.6. The smallest absolute Gasteiger partial charge is 0.338 e. The Hall–Kier alpha value is -4.53. The number of aryl methyl sites for hydroxylation is 1. The van der Waals surface area contributed by atoms with Crippen LogP contribution in [0.5, 0.6) is 0 Å². The van der Waals surface area contributed by atoms with Crippen molar-refractivity contribution in [3.8, 4) is 22.8 Å². The molecule has 0 bridgehead atoms. The molecule has 172 valence electrons. The lowest BCUT2D eigenvalue weighted by Gasteiger charge is -2.09. The molecule has 2 heterocycles. The van der Waals surface area contributed by atoms with Gasteiger partial charge in [0.2, 0.25) is 11.7 Å². The number of pyridine rings is 1. The van der Waals surface area contributed by atoms with Crippen molar-refractivity contribution >= 4 is 17.6 Å². The zero-order valence-corrected chi connectivity index (χ0v) is 18.6. The van der Waals surface area contributed by atoms with E-state index in [2.05, 4.69) is 15.5 Å². The van der Waals surface area contributed by atoms with Crippen LogP contribution < -0.4 is 10.9 Å². The number of amides is 1. The second-order valence-corrected chi connectivity index (χ2v) is 7.52. The molecule has 0 aliphatic carbocycles. The molecule has 34 heavy (non-hydrogen) atoms. The van der Waals surface area contributed by atoms with Crippen molar-refractivity contribution in [2.45, 2.75) is 20.4 Å². The molecule has 9 heteroatoms. The Morgan fingerprint density at radius 3 is 2.59 bits per heavy atom. The molecule has 0 radical (unpaired) electrons. The molecule has 9 nitrogen and oxygen atoms in total. The van der Waals surface area contributed by atoms with Crippen LogP contribution in [-0.4, -0.2) is 33.2 Å². The summed E-state index contributed by atoms with van der Waals surface area (Å²) in [7, 11) is 0. The van der Waals surface area contributed by atoms with Crippen molar-refractivity contribution in [2.75, 3.05) is 11.9 Å². The van der Waals surface area contributed by atoms with E-state index in [-0.39, 0.29) is 24.6 Å². The molecule has 1 N–H and O–H groups in total. The van der Waals surface area contributed by atoms with Gasteiger partial charge in [-0.05, 0) is 50.2 Å². The Labute approximate surface area is 195 Å². The SMILES string of the molecule is CCOC(=O)c1ccc(NC(=O)Cn2cc(-c3nc(-c4cccc(C)c4)no3)ccc2=O)cc1. The monoisotopic (exact) mass is 458 g/mol. The first kappa shape index (κ1) is 22.7. The third-order valence-electron chi connectivity index (χ3n) is 4.93. The number of ether oxygens (including phenoxy) is 1. The quantitative estimate of drug-likeness (QED) is 0.420. The summed E-state index contributed by atoms with van der Waals surface area (Å²) in [5.74, 6) is -0.176. The number of nitrogens with one attached hydrogen (secondary N) is 1. The lowest BCUT2D eigenvalue weighted by molar-refractivity contribution is -0.116. The number of carbonyl (C=O) groups excluding carboxylic acids is 2. The number of carbonyl (C=O) groups is 2. The first-order chi connectivity index (χ1) is 16.4. The average molecular weight is 458 g/mol. The molecule has 2 aromatic heterocycles. The number of anilines is 1. The summed E-state index contributed by atoms with van der Waals surface area (Å²) in [6.45, 7) is 3.76. The van der Waals surface area contributed by atoms with E-state index in [0.29, 0.717) is 22.6 Å². The molecule has 0 atom stereocenters. The highest BCUT2D eigenvalue weighted by Crippen LogP contribution is 2.22. The topological polar surface area (TPSA) is 116 Å². The summed E-state index contributed by atoms with van der Waals surface area (Å²) in [5, 5.41) is 6.72. The summed E-state index contributed by atoms with van der Waals surface area (Å²) in [6.07, 6.45) is 1.50. The fraction of sp³-hybridized carbons (Fsp3) is 0.160. The highest BCUT2D eigenvalue weighted by molar-refractivity contribution is 5.93. The Balaban J connectivity index is 1.47. The van der Waals surface area contributed by atoms with Gasteiger partial charge in [-0.2, -0.15) is 4.98 Å². The maximum atomic E-state index is 12.5. The van der Waals surface area contributed by atoms with Gasteiger partial charge in [-0.25, -0.2) is 4.79 Å². The second kappa shape index (κ2) is 9.95. The molecule has 0 fully saturated rings. The molecule has 4 rings (SSSR count). The minimum absolute atomic E-state index is 0.217. The maximum Gasteiger partial charge on any atom is 0.338 e. The van der Waals surface area contributed by atoms with E-state index in [1.165, 1.54) is 16.8 Å². The van der Waals surface area contributed by atoms with Crippen LogP contribution in [0.25, 0.3) is 22.8 Å². The maximum absolute atomic E-state index is 12.5. The van der Waals surface area contributed by atoms with Gasteiger partial charge in [-0.15, -0.1) is 0 Å². The predicted octanol–water partition coefficient (Wildman–Crippen LogP) is 3.69. The van der Waals surface area contributed by atoms with Crippen LogP contribution in [0.1, 0.15) is 22.8 Å². The number of nitrogens with zero attached hydrogens (tertiary/aromatic N) is 3. The predicted molar refractivity (Wildman–Crippen MR) is 125 cm³/mol. The van der Waals surface area contributed by atoms with Gasteiger partial charge in [0, 0.05) is 23.5 Å². The van der Waals surface area contributed by atoms with Gasteiger partial charge in [-0.3, -0.25) is 9.59 Å². The Morgan fingerprint density at radius 2 is 1.85 bits per heavy atom. The largest absolute Gasteiger partial charge is 0.462 e. The van der Waals surface area contributed by atoms with Crippen LogP contribution in [0.4, 0.5) is 5.69 Å². The van der Waals surface area contributed by atoms with Gasteiger partial charge in [0.1, 0.15) is 6.54 Å². The van der Waals surface area contributed by atoms with Gasteiger partial charge in [-0.1, -0.05) is 28.9 Å². The summed E-state index contributed by atoms with van der Waals surface area (Å²) in [4.78, 5) is 41.0. The van der Waals surface area contributed by atoms with Crippen LogP contribution in [0, 0.1) is 6.92 Å². The van der Waals surface area contributed by atoms with Crippen molar-refractivity contribution in [2.24, 2.45) is 0 Å². The molecule has 0 saturated heterocycles. The van der Waals surface area contributed by atoms with Crippen LogP contribution in [0.3, 0.4) is 0 Å². The van der Waals surface area contributed by atoms with Crippen molar-refractivity contribution in [3.63, 3.8) is 0 Å². The minimum atomic E-state index is -0.435. The summed E-state index contributed by atoms with van der Waals surface area (Å²) >= 11 is 0. The Kier molecular flexibility index (Phi) is 6.63. The van der Waals surface area contributed by atoms with E-state index in [4.69, 9.17) is 9.26 Å². The summed E-state index contributed by atoms with van der Waals surface area (Å²) in [6, 6.07) is 16.9. The molecule has 0 aliphatic rings. The van der Waals surface area contributed by atoms with Gasteiger partial charge in [0.25, 0.3) is 11.4 Å². The lowest BCUT2D eigenvalue weighted by Crippen LogP contribution is -2.26. The van der Waals surface area contributed by atoms with Crippen molar-refractivity contribution in [1.82, 2.24) is 14.7 Å². The Morgan fingerprint density at radius 1 is 1.06 bits per heavy atom. The fourth-order valence-electron chi connectivity index (χ4n) is 3.28. The lowest BCUT2D eigenvalue weighted by atomic mass is 10.1. The molecule has 2 aromatic carbocycles. The third-order valence-corrected chi connectivity index (χ3v) is 4.93. The van der Waals surface area contributed by atoms with E-state index in [1.54, 1.807) is 37.3 Å². The number of rotatable bonds is 7. The Bertz CT molecular complexity index is 1390. The molecule has 0 unspecified atom stereocenters. The molecule has 0 aliphatic heterocycles. The van der Waals surface area contributed by atoms with Crippen molar-refractivity contribution in [1.29, 1.82) is 0 Å². The standard InChI is InChI=1S/C25H22N4O5/c1-3-33-25(32)17-7-10-20(11-8-17)26-21(30)15-29-14-19(9-12-22(29)31)24-27-23(28-34-24)18-6-4-5-16(2)13-18/h4-14H,3,15H2,1-2H3,(H,26,30). The molecule has 4 aromatic rings. The van der Waals surface area contributed by atoms with Crippen LogP contribution in [0.2, 0.25) is 0 Å². The minimum Gasteiger partial charge on any atom is -0.462 e. The first-order valence-electron chi connectivity index (χ1n) is 10.6. The zero-order chi connectivity index (χ0) is 24.1. The van der Waals surface area contributed by atoms with Crippen LogP contribution in [-0.2, 0) is 16.1 Å². The van der Waals surface area contributed by atoms with Gasteiger partial charge < -0.3 is 19.1 Å². The van der Waals surface area contributed by atoms with Gasteiger partial charge >= 0.3 is 5.97 Å². The number of aromatic nitrogens is 3. The number of esters is 1. The number of hydrogen-bond acceptors (Lipinski definition) is 7. The van der Waals surface area contributed by atoms with E-state index in [9.17, 15) is 14.4 Å². The van der Waals surface area contributed by atoms with E-state index in [1.807, 2.05) is 31.2 Å². The first-order valence-corrected chi connectivity index (χ1v) is 10.6. The third kappa shape index (κ3) is 5.26. The highest BCUT2D eigenvalue weighted by Gasteiger charge is 2.14. The molecular formula is C25H22N4O5. The van der Waals surface area contributed by atoms with Crippen molar-refractivity contribution in [3.05, 3.63) is 88.3 Å². The molecule has 0 spiro atoms. The van der Waals surface area contributed by atoms with Crippen molar-refractivity contribution < 1.29 is 18.8 Å². The summed E-state index contributed by atoms with van der Waals surface area (Å²) in [5.41, 5.74) is 2.92. The van der Waals surface area contributed by atoms with Gasteiger partial charge in [0.15, 0.2) is 0 Å². The molecule has 0 saturated carbocycles. The van der Waals surface area contributed by atoms with Crippen LogP contribution in [0.15, 0.2) is 76.2 Å². The van der Waals surface area contributed by atoms with E-state index in [0.717, 1.165) is 11.1 Å². The number of hydrogen-bond donors (Lipinski definition) is 1. The molecule has 1 amide bonds. The number of benzene rings is 2. The van der Waals surface area contributed by atoms with Gasteiger partial charge in [0.05, 0.1) is 17.7 Å². The van der Waals surface area contributed by atoms with E-state index >= 15 is 0 Å². The second-order valence-electron chi connectivity index (χ2n) is 7.52. The fourth-order valence-corrected chi connectivity index (χ4v) is 3.28. The van der Waals surface area contributed by atoms with E-state index < -0.39 is 11.9 Å². The van der Waals surface area contributed by atoms with Crippen LogP contribution >= 0.6 is 0 Å². The summed E-state index contributed by atoms with van der Waals surface area (Å²) < 4.78 is 11.6. The highest BCUT2D eigenvalue weighted by atomic mass is 16.5. The molecular weight excluding hydrogens is 436 g/mol. The normalized spacial score (nSPS) is 10.6. The average Bonchev–Trinajstić information content (AvgIpc) is 3.31.